The summed E-state index contributed by atoms with van der Waals surface area (Å²) in [4.78, 5) is 24.2. The van der Waals surface area contributed by atoms with E-state index >= 15 is 0 Å². The van der Waals surface area contributed by atoms with Crippen LogP contribution < -0.4 is 15.5 Å². The topological polar surface area (TPSA) is 101 Å². The molecule has 1 fully saturated rings. The van der Waals surface area contributed by atoms with Crippen molar-refractivity contribution in [1.82, 2.24) is 25.1 Å². The number of oxazole rings is 1. The lowest BCUT2D eigenvalue weighted by molar-refractivity contribution is 0.102. The zero-order chi connectivity index (χ0) is 20.8. The fraction of sp³-hybridized carbons (Fsp3) is 0.333. The van der Waals surface area contributed by atoms with Crippen molar-refractivity contribution < 1.29 is 9.21 Å². The van der Waals surface area contributed by atoms with Crippen LogP contribution in [0.25, 0.3) is 22.1 Å². The van der Waals surface area contributed by atoms with Crippen molar-refractivity contribution in [3.63, 3.8) is 0 Å². The minimum atomic E-state index is -0.256. The van der Waals surface area contributed by atoms with Crippen LogP contribution in [0.2, 0.25) is 0 Å². The van der Waals surface area contributed by atoms with E-state index in [1.54, 1.807) is 17.7 Å². The van der Waals surface area contributed by atoms with E-state index in [4.69, 9.17) is 4.42 Å². The van der Waals surface area contributed by atoms with Crippen molar-refractivity contribution in [2.24, 2.45) is 7.05 Å². The molecule has 4 aromatic rings. The number of nitrogens with one attached hydrogen (secondary N) is 2. The van der Waals surface area contributed by atoms with Crippen LogP contribution in [-0.2, 0) is 7.05 Å². The van der Waals surface area contributed by atoms with Crippen LogP contribution in [0.5, 0.6) is 0 Å². The lowest BCUT2D eigenvalue weighted by Crippen LogP contribution is -2.43. The second-order valence-electron chi connectivity index (χ2n) is 7.60. The number of nitrogens with zero attached hydrogens (tertiary/aromatic N) is 5. The molecule has 9 nitrogen and oxygen atoms in total. The number of pyridine rings is 1. The Hall–Kier alpha value is -3.46. The molecule has 3 aromatic heterocycles. The first-order chi connectivity index (χ1) is 14.5. The predicted octanol–water partition coefficient (Wildman–Crippen LogP) is 2.39. The van der Waals surface area contributed by atoms with E-state index in [1.807, 2.05) is 32.3 Å². The highest BCUT2D eigenvalue weighted by molar-refractivity contribution is 6.13. The summed E-state index contributed by atoms with van der Waals surface area (Å²) in [6, 6.07) is 5.64. The Morgan fingerprint density at radius 2 is 1.97 bits per heavy atom. The minimum absolute atomic E-state index is 0.256. The number of aryl methyl sites for hydroxylation is 3. The first kappa shape index (κ1) is 18.6. The van der Waals surface area contributed by atoms with Gasteiger partial charge < -0.3 is 20.0 Å². The first-order valence-electron chi connectivity index (χ1n) is 9.98. The number of hydrogen-bond donors (Lipinski definition) is 2. The Balaban J connectivity index is 1.51. The van der Waals surface area contributed by atoms with Gasteiger partial charge in [-0.25, -0.2) is 4.98 Å². The molecule has 0 unspecified atom stereocenters. The number of carbonyl (C=O) groups is 1. The van der Waals surface area contributed by atoms with Crippen LogP contribution in [0.3, 0.4) is 0 Å². The van der Waals surface area contributed by atoms with Gasteiger partial charge in [-0.1, -0.05) is 0 Å². The van der Waals surface area contributed by atoms with Gasteiger partial charge in [0.25, 0.3) is 5.91 Å². The molecule has 1 amide bonds. The summed E-state index contributed by atoms with van der Waals surface area (Å²) in [7, 11) is 1.87. The molecule has 9 heteroatoms. The van der Waals surface area contributed by atoms with Crippen molar-refractivity contribution in [2.75, 3.05) is 36.4 Å². The van der Waals surface area contributed by atoms with E-state index < -0.39 is 0 Å². The first-order valence-corrected chi connectivity index (χ1v) is 9.98. The van der Waals surface area contributed by atoms with Crippen molar-refractivity contribution in [3.05, 3.63) is 41.4 Å². The molecule has 2 N–H and O–H groups in total. The number of benzene rings is 1. The van der Waals surface area contributed by atoms with Crippen molar-refractivity contribution >= 4 is 39.5 Å². The molecular formula is C21H23N7O2. The van der Waals surface area contributed by atoms with Crippen LogP contribution in [0.1, 0.15) is 21.8 Å². The molecule has 1 saturated heterocycles. The monoisotopic (exact) mass is 405 g/mol. The Labute approximate surface area is 173 Å². The Kier molecular flexibility index (Phi) is 4.39. The third kappa shape index (κ3) is 3.17. The third-order valence-electron chi connectivity index (χ3n) is 5.38. The zero-order valence-corrected chi connectivity index (χ0v) is 17.2. The molecule has 0 saturated carbocycles. The fourth-order valence-electron chi connectivity index (χ4n) is 3.98. The number of amides is 1. The van der Waals surface area contributed by atoms with E-state index in [0.717, 1.165) is 42.8 Å². The largest absolute Gasteiger partial charge is 0.423 e. The number of carbonyl (C=O) groups excluding carboxylic acids is 1. The maximum atomic E-state index is 13.1. The summed E-state index contributed by atoms with van der Waals surface area (Å²) in [6.07, 6.45) is 1.97. The molecule has 0 spiro atoms. The summed E-state index contributed by atoms with van der Waals surface area (Å²) < 4.78 is 7.28. The van der Waals surface area contributed by atoms with Crippen LogP contribution in [0.15, 0.2) is 28.8 Å². The molecular weight excluding hydrogens is 382 g/mol. The van der Waals surface area contributed by atoms with Gasteiger partial charge in [0.1, 0.15) is 16.9 Å². The van der Waals surface area contributed by atoms with E-state index in [9.17, 15) is 4.79 Å². The standard InChI is InChI=1S/C21H23N7O2/c1-12-10-17(25-21-18(12)23-13(2)30-21)24-20(29)14-4-5-16(28-8-6-22-7-9-28)15-11-27(3)26-19(14)15/h4-5,10-11,22H,6-9H2,1-3H3,(H,24,25,29). The van der Waals surface area contributed by atoms with Crippen molar-refractivity contribution in [2.45, 2.75) is 13.8 Å². The summed E-state index contributed by atoms with van der Waals surface area (Å²) in [6.45, 7) is 7.43. The minimum Gasteiger partial charge on any atom is -0.423 e. The molecule has 0 atom stereocenters. The lowest BCUT2D eigenvalue weighted by Gasteiger charge is -2.30. The number of anilines is 2. The molecule has 1 aromatic carbocycles. The maximum Gasteiger partial charge on any atom is 0.259 e. The highest BCUT2D eigenvalue weighted by atomic mass is 16.4. The van der Waals surface area contributed by atoms with E-state index in [2.05, 4.69) is 30.6 Å². The van der Waals surface area contributed by atoms with E-state index in [-0.39, 0.29) is 5.91 Å². The second-order valence-corrected chi connectivity index (χ2v) is 7.60. The van der Waals surface area contributed by atoms with Gasteiger partial charge >= 0.3 is 0 Å². The van der Waals surface area contributed by atoms with Crippen molar-refractivity contribution in [3.8, 4) is 0 Å². The number of aromatic nitrogens is 4. The molecule has 154 valence electrons. The number of piperazine rings is 1. The van der Waals surface area contributed by atoms with Gasteiger partial charge in [-0.05, 0) is 30.7 Å². The SMILES string of the molecule is Cc1nc2c(C)cc(NC(=O)c3ccc(N4CCNCC4)c4cn(C)nc34)nc2o1. The summed E-state index contributed by atoms with van der Waals surface area (Å²) in [5, 5.41) is 11.8. The van der Waals surface area contributed by atoms with Crippen LogP contribution in [-0.4, -0.2) is 51.8 Å². The predicted molar refractivity (Wildman–Crippen MR) is 115 cm³/mol. The Bertz CT molecular complexity index is 1270. The normalized spacial score (nSPS) is 14.6. The van der Waals surface area contributed by atoms with Gasteiger partial charge in [0.2, 0.25) is 5.71 Å². The number of rotatable bonds is 3. The summed E-state index contributed by atoms with van der Waals surface area (Å²) in [5.74, 6) is 0.715. The fourth-order valence-corrected chi connectivity index (χ4v) is 3.98. The molecule has 1 aliphatic heterocycles. The van der Waals surface area contributed by atoms with Gasteiger partial charge in [0, 0.05) is 57.4 Å². The lowest BCUT2D eigenvalue weighted by atomic mass is 10.1. The highest BCUT2D eigenvalue weighted by Gasteiger charge is 2.20. The molecule has 0 aliphatic carbocycles. The molecule has 0 bridgehead atoms. The Morgan fingerprint density at radius 1 is 1.17 bits per heavy atom. The quantitative estimate of drug-likeness (QED) is 0.540. The van der Waals surface area contributed by atoms with Gasteiger partial charge in [-0.15, -0.1) is 0 Å². The molecule has 1 aliphatic rings. The average molecular weight is 405 g/mol. The maximum absolute atomic E-state index is 13.1. The molecule has 30 heavy (non-hydrogen) atoms. The van der Waals surface area contributed by atoms with Gasteiger partial charge in [0.05, 0.1) is 5.56 Å². The van der Waals surface area contributed by atoms with Gasteiger partial charge in [0.15, 0.2) is 5.89 Å². The molecule has 4 heterocycles. The molecule has 5 rings (SSSR count). The molecule has 0 radical (unpaired) electrons. The van der Waals surface area contributed by atoms with Gasteiger partial charge in [-0.3, -0.25) is 9.48 Å². The van der Waals surface area contributed by atoms with Crippen LogP contribution >= 0.6 is 0 Å². The zero-order valence-electron chi connectivity index (χ0n) is 17.2. The number of hydrogen-bond acceptors (Lipinski definition) is 7. The van der Waals surface area contributed by atoms with Crippen molar-refractivity contribution in [1.29, 1.82) is 0 Å². The Morgan fingerprint density at radius 3 is 2.77 bits per heavy atom. The highest BCUT2D eigenvalue weighted by Crippen LogP contribution is 2.30. The third-order valence-corrected chi connectivity index (χ3v) is 5.38. The van der Waals surface area contributed by atoms with E-state index in [1.165, 1.54) is 0 Å². The smallest absolute Gasteiger partial charge is 0.259 e. The van der Waals surface area contributed by atoms with Gasteiger partial charge in [-0.2, -0.15) is 10.1 Å². The average Bonchev–Trinajstić information content (AvgIpc) is 3.29. The summed E-state index contributed by atoms with van der Waals surface area (Å²) in [5.41, 5.74) is 4.31. The van der Waals surface area contributed by atoms with Crippen LogP contribution in [0.4, 0.5) is 11.5 Å². The van der Waals surface area contributed by atoms with Crippen LogP contribution in [0, 0.1) is 13.8 Å². The second kappa shape index (κ2) is 7.10. The number of fused-ring (bicyclic) bond motifs is 2. The summed E-state index contributed by atoms with van der Waals surface area (Å²) >= 11 is 0. The van der Waals surface area contributed by atoms with E-state index in [0.29, 0.717) is 34.0 Å².